The highest BCUT2D eigenvalue weighted by Crippen LogP contribution is 2.12. The maximum atomic E-state index is 10.6. The molecule has 0 fully saturated rings. The molecule has 0 aliphatic heterocycles. The smallest absolute Gasteiger partial charge is 0.234 e. The van der Waals surface area contributed by atoms with Crippen LogP contribution in [0.4, 0.5) is 0 Å². The molecule has 0 aliphatic carbocycles. The lowest BCUT2D eigenvalue weighted by atomic mass is 9.93. The summed E-state index contributed by atoms with van der Waals surface area (Å²) >= 11 is 0. The van der Waals surface area contributed by atoms with Gasteiger partial charge in [0.25, 0.3) is 0 Å². The number of hydrogen-bond donors (Lipinski definition) is 4. The standard InChI is InChI=1S/C8H18N2O3/c1-6(7(9)13)10-3-8(2,4-11)5-12/h6,10-12H,3-5H2,1-2H3,(H2,9,13). The highest BCUT2D eigenvalue weighted by molar-refractivity contribution is 5.79. The molecule has 0 aromatic heterocycles. The summed E-state index contributed by atoms with van der Waals surface area (Å²) < 4.78 is 0. The molecule has 0 radical (unpaired) electrons. The van der Waals surface area contributed by atoms with E-state index < -0.39 is 17.4 Å². The van der Waals surface area contributed by atoms with Gasteiger partial charge in [-0.2, -0.15) is 0 Å². The van der Waals surface area contributed by atoms with Crippen LogP contribution in [0.3, 0.4) is 0 Å². The van der Waals surface area contributed by atoms with Crippen molar-refractivity contribution in [1.82, 2.24) is 5.32 Å². The van der Waals surface area contributed by atoms with Gasteiger partial charge in [-0.05, 0) is 6.92 Å². The van der Waals surface area contributed by atoms with E-state index in [4.69, 9.17) is 15.9 Å². The van der Waals surface area contributed by atoms with E-state index in [1.54, 1.807) is 13.8 Å². The Bertz CT molecular complexity index is 169. The van der Waals surface area contributed by atoms with Crippen molar-refractivity contribution in [2.75, 3.05) is 19.8 Å². The van der Waals surface area contributed by atoms with E-state index in [1.165, 1.54) is 0 Å². The monoisotopic (exact) mass is 190 g/mol. The van der Waals surface area contributed by atoms with E-state index in [-0.39, 0.29) is 13.2 Å². The zero-order chi connectivity index (χ0) is 10.5. The number of carbonyl (C=O) groups is 1. The van der Waals surface area contributed by atoms with Gasteiger partial charge >= 0.3 is 0 Å². The van der Waals surface area contributed by atoms with Crippen molar-refractivity contribution in [3.8, 4) is 0 Å². The summed E-state index contributed by atoms with van der Waals surface area (Å²) in [6.07, 6.45) is 0. The van der Waals surface area contributed by atoms with Gasteiger partial charge in [0.2, 0.25) is 5.91 Å². The van der Waals surface area contributed by atoms with Crippen molar-refractivity contribution >= 4 is 5.91 Å². The third-order valence-electron chi connectivity index (χ3n) is 2.03. The first kappa shape index (κ1) is 12.3. The van der Waals surface area contributed by atoms with Crippen molar-refractivity contribution in [2.24, 2.45) is 11.1 Å². The maximum Gasteiger partial charge on any atom is 0.234 e. The Morgan fingerprint density at radius 1 is 1.54 bits per heavy atom. The van der Waals surface area contributed by atoms with Crippen molar-refractivity contribution < 1.29 is 15.0 Å². The molecule has 5 nitrogen and oxygen atoms in total. The van der Waals surface area contributed by atoms with Crippen LogP contribution in [0.15, 0.2) is 0 Å². The van der Waals surface area contributed by atoms with Crippen LogP contribution >= 0.6 is 0 Å². The minimum atomic E-state index is -0.607. The van der Waals surface area contributed by atoms with Crippen molar-refractivity contribution in [3.63, 3.8) is 0 Å². The number of hydrogen-bond acceptors (Lipinski definition) is 4. The number of nitrogens with one attached hydrogen (secondary N) is 1. The molecule has 78 valence electrons. The van der Waals surface area contributed by atoms with Gasteiger partial charge in [0.15, 0.2) is 0 Å². The third kappa shape index (κ3) is 4.21. The number of rotatable bonds is 6. The number of aliphatic hydroxyl groups excluding tert-OH is 2. The number of aliphatic hydroxyl groups is 2. The van der Waals surface area contributed by atoms with Gasteiger partial charge in [-0.1, -0.05) is 6.92 Å². The minimum absolute atomic E-state index is 0.137. The lowest BCUT2D eigenvalue weighted by Gasteiger charge is -2.26. The molecular weight excluding hydrogens is 172 g/mol. The van der Waals surface area contributed by atoms with Crippen LogP contribution in [0, 0.1) is 5.41 Å². The summed E-state index contributed by atoms with van der Waals surface area (Å²) in [5.41, 5.74) is 4.41. The zero-order valence-electron chi connectivity index (χ0n) is 8.08. The normalized spacial score (nSPS) is 14.2. The summed E-state index contributed by atoms with van der Waals surface area (Å²) in [4.78, 5) is 10.6. The second kappa shape index (κ2) is 5.16. The molecule has 1 atom stereocenters. The van der Waals surface area contributed by atoms with E-state index in [1.807, 2.05) is 0 Å². The molecule has 0 aliphatic rings. The quantitative estimate of drug-likeness (QED) is 0.407. The van der Waals surface area contributed by atoms with E-state index in [0.29, 0.717) is 6.54 Å². The molecule has 0 heterocycles. The minimum Gasteiger partial charge on any atom is -0.396 e. The van der Waals surface area contributed by atoms with Crippen LogP contribution in [-0.4, -0.2) is 41.9 Å². The topological polar surface area (TPSA) is 95.6 Å². The molecular formula is C8H18N2O3. The van der Waals surface area contributed by atoms with E-state index >= 15 is 0 Å². The lowest BCUT2D eigenvalue weighted by molar-refractivity contribution is -0.119. The third-order valence-corrected chi connectivity index (χ3v) is 2.03. The Balaban J connectivity index is 3.92. The predicted octanol–water partition coefficient (Wildman–Crippen LogP) is -1.56. The molecule has 1 unspecified atom stereocenters. The molecule has 0 saturated heterocycles. The molecule has 0 bridgehead atoms. The Hall–Kier alpha value is -0.650. The SMILES string of the molecule is CC(NCC(C)(CO)CO)C(N)=O. The first-order valence-corrected chi connectivity index (χ1v) is 4.19. The summed E-state index contributed by atoms with van der Waals surface area (Å²) in [5, 5.41) is 20.7. The van der Waals surface area contributed by atoms with Crippen LogP contribution < -0.4 is 11.1 Å². The van der Waals surface area contributed by atoms with E-state index in [9.17, 15) is 4.79 Å². The van der Waals surface area contributed by atoms with Crippen LogP contribution in [0.25, 0.3) is 0 Å². The van der Waals surface area contributed by atoms with E-state index in [0.717, 1.165) is 0 Å². The Morgan fingerprint density at radius 2 is 2.00 bits per heavy atom. The number of primary amides is 1. The molecule has 0 saturated carbocycles. The number of nitrogens with two attached hydrogens (primary N) is 1. The molecule has 1 amide bonds. The highest BCUT2D eigenvalue weighted by atomic mass is 16.3. The fourth-order valence-electron chi connectivity index (χ4n) is 0.662. The molecule has 0 aromatic rings. The van der Waals surface area contributed by atoms with Gasteiger partial charge in [0.05, 0.1) is 19.3 Å². The van der Waals surface area contributed by atoms with Crippen molar-refractivity contribution in [3.05, 3.63) is 0 Å². The van der Waals surface area contributed by atoms with Crippen molar-refractivity contribution in [2.45, 2.75) is 19.9 Å². The van der Waals surface area contributed by atoms with Gasteiger partial charge in [-0.25, -0.2) is 0 Å². The summed E-state index contributed by atoms with van der Waals surface area (Å²) in [5.74, 6) is -0.446. The van der Waals surface area contributed by atoms with Gasteiger partial charge in [0.1, 0.15) is 0 Å². The molecule has 5 N–H and O–H groups in total. The summed E-state index contributed by atoms with van der Waals surface area (Å²) in [6.45, 7) is 3.43. The highest BCUT2D eigenvalue weighted by Gasteiger charge is 2.23. The zero-order valence-corrected chi connectivity index (χ0v) is 8.08. The Morgan fingerprint density at radius 3 is 2.31 bits per heavy atom. The molecule has 13 heavy (non-hydrogen) atoms. The van der Waals surface area contributed by atoms with Crippen LogP contribution in [0.2, 0.25) is 0 Å². The van der Waals surface area contributed by atoms with Crippen LogP contribution in [0.1, 0.15) is 13.8 Å². The van der Waals surface area contributed by atoms with Crippen molar-refractivity contribution in [1.29, 1.82) is 0 Å². The largest absolute Gasteiger partial charge is 0.396 e. The Kier molecular flexibility index (Phi) is 4.90. The predicted molar refractivity (Wildman–Crippen MR) is 48.9 cm³/mol. The number of amides is 1. The maximum absolute atomic E-state index is 10.6. The van der Waals surface area contributed by atoms with Crippen LogP contribution in [0.5, 0.6) is 0 Å². The first-order valence-electron chi connectivity index (χ1n) is 4.19. The average Bonchev–Trinajstić information content (AvgIpc) is 2.13. The summed E-state index contributed by atoms with van der Waals surface area (Å²) in [6, 6.07) is -0.447. The van der Waals surface area contributed by atoms with Crippen LogP contribution in [-0.2, 0) is 4.79 Å². The average molecular weight is 190 g/mol. The summed E-state index contributed by atoms with van der Waals surface area (Å²) in [7, 11) is 0. The van der Waals surface area contributed by atoms with Gasteiger partial charge in [-0.3, -0.25) is 4.79 Å². The second-order valence-corrected chi connectivity index (χ2v) is 3.63. The number of carbonyl (C=O) groups excluding carboxylic acids is 1. The molecule has 5 heteroatoms. The fourth-order valence-corrected chi connectivity index (χ4v) is 0.662. The van der Waals surface area contributed by atoms with Gasteiger partial charge in [-0.15, -0.1) is 0 Å². The van der Waals surface area contributed by atoms with E-state index in [2.05, 4.69) is 5.32 Å². The molecule has 0 rings (SSSR count). The Labute approximate surface area is 77.9 Å². The fraction of sp³-hybridized carbons (Fsp3) is 0.875. The second-order valence-electron chi connectivity index (χ2n) is 3.63. The molecule has 0 spiro atoms. The van der Waals surface area contributed by atoms with Gasteiger partial charge in [0, 0.05) is 12.0 Å². The lowest BCUT2D eigenvalue weighted by Crippen LogP contribution is -2.46. The first-order chi connectivity index (χ1) is 5.95. The van der Waals surface area contributed by atoms with Gasteiger partial charge < -0.3 is 21.3 Å². The molecule has 0 aromatic carbocycles.